The van der Waals surface area contributed by atoms with Gasteiger partial charge in [0, 0.05) is 51.9 Å². The lowest BCUT2D eigenvalue weighted by atomic mass is 10.00. The van der Waals surface area contributed by atoms with E-state index < -0.39 is 155 Å². The number of carbonyl (C=O) groups is 12. The maximum absolute atomic E-state index is 14.7. The Morgan fingerprint density at radius 3 is 0.750 bits per heavy atom. The molecule has 0 radical (unpaired) electrons. The molecule has 0 spiro atoms. The molecule has 4 rings (SSSR count). The van der Waals surface area contributed by atoms with Gasteiger partial charge in [0.1, 0.15) is 83.4 Å². The number of hydrogen-bond donors (Lipinski definition) is 28. The highest BCUT2D eigenvalue weighted by Crippen LogP contribution is 2.20. The van der Waals surface area contributed by atoms with E-state index in [2.05, 4.69) is 74.4 Å². The summed E-state index contributed by atoms with van der Waals surface area (Å²) in [6, 6.07) is 7.44. The van der Waals surface area contributed by atoms with Crippen LogP contribution in [0.4, 0.5) is 0 Å². The van der Waals surface area contributed by atoms with E-state index in [1.54, 1.807) is 76.2 Å². The first-order valence-corrected chi connectivity index (χ1v) is 40.9. The van der Waals surface area contributed by atoms with Crippen LogP contribution in [0.2, 0.25) is 0 Å². The number of aromatic hydroxyl groups is 2. The predicted octanol–water partition coefficient (Wildman–Crippen LogP) is -2.24. The molecule has 2 unspecified atom stereocenters. The van der Waals surface area contributed by atoms with Crippen LogP contribution in [-0.4, -0.2) is 228 Å². The quantitative estimate of drug-likeness (QED) is 0.0126. The number of phenolic OH excluding ortho intramolecular Hbond substituents is 2. The Morgan fingerprint density at radius 1 is 0.306 bits per heavy atom. The lowest BCUT2D eigenvalue weighted by Crippen LogP contribution is -2.59. The van der Waals surface area contributed by atoms with E-state index >= 15 is 0 Å². The van der Waals surface area contributed by atoms with Crippen LogP contribution in [0.15, 0.2) is 97.1 Å². The summed E-state index contributed by atoms with van der Waals surface area (Å²) < 4.78 is 10.4. The number of benzene rings is 4. The van der Waals surface area contributed by atoms with Gasteiger partial charge in [0.05, 0.1) is 26.3 Å². The molecule has 4 aromatic carbocycles. The number of methoxy groups -OCH3 is 2. The second kappa shape index (κ2) is 54.2. The molecule has 682 valence electrons. The Hall–Kier alpha value is -13.3. The van der Waals surface area contributed by atoms with E-state index in [0.29, 0.717) is 33.8 Å². The van der Waals surface area contributed by atoms with Crippen LogP contribution in [-0.2, 0) is 83.2 Å². The van der Waals surface area contributed by atoms with Crippen LogP contribution in [0, 0.1) is 33.5 Å². The number of ether oxygens (including phenoxy) is 2. The molecule has 0 fully saturated rings. The smallest absolute Gasteiger partial charge is 0.326 e. The van der Waals surface area contributed by atoms with Gasteiger partial charge in [-0.05, 0) is 160 Å². The molecule has 0 aliphatic rings. The van der Waals surface area contributed by atoms with Crippen molar-refractivity contribution in [3.63, 3.8) is 0 Å². The topological polar surface area (TPSA) is 724 Å². The second-order valence-electron chi connectivity index (χ2n) is 30.8. The largest absolute Gasteiger partial charge is 0.508 e. The third-order valence-electron chi connectivity index (χ3n) is 19.6. The molecule has 12 atom stereocenters. The number of phenols is 2. The molecule has 42 heteroatoms. The van der Waals surface area contributed by atoms with Gasteiger partial charge in [0.2, 0.25) is 59.1 Å². The van der Waals surface area contributed by atoms with Crippen LogP contribution in [0.1, 0.15) is 140 Å². The summed E-state index contributed by atoms with van der Waals surface area (Å²) in [5, 5.41) is 108. The van der Waals surface area contributed by atoms with E-state index in [1.165, 1.54) is 62.8 Å². The van der Waals surface area contributed by atoms with Crippen LogP contribution in [0.5, 0.6) is 23.0 Å². The number of hydrogen-bond acceptors (Lipinski definition) is 22. The number of unbranched alkanes of at least 4 members (excludes halogenated alkanes) is 1. The van der Waals surface area contributed by atoms with Crippen LogP contribution in [0.25, 0.3) is 0 Å². The average molecular weight is 1740 g/mol. The van der Waals surface area contributed by atoms with E-state index in [-0.39, 0.29) is 177 Å². The Balaban J connectivity index is 1.55. The average Bonchev–Trinajstić information content (AvgIpc) is 0.855. The zero-order valence-corrected chi connectivity index (χ0v) is 70.8. The van der Waals surface area contributed by atoms with E-state index in [9.17, 15) is 78.0 Å². The van der Waals surface area contributed by atoms with Gasteiger partial charge in [0.25, 0.3) is 0 Å². The van der Waals surface area contributed by atoms with Gasteiger partial charge in [-0.15, -0.1) is 0 Å². The third kappa shape index (κ3) is 39.9. The molecule has 0 aliphatic heterocycles. The lowest BCUT2D eigenvalue weighted by molar-refractivity contribution is -0.142. The third-order valence-corrected chi connectivity index (χ3v) is 19.6. The maximum atomic E-state index is 14.7. The molecule has 0 aromatic heterocycles. The number of carbonyl (C=O) groups excluding carboxylic acids is 10. The second-order valence-corrected chi connectivity index (χ2v) is 30.8. The highest BCUT2D eigenvalue weighted by molar-refractivity contribution is 5.98. The number of aliphatic carboxylic acids is 2. The molecule has 0 heterocycles. The highest BCUT2D eigenvalue weighted by atomic mass is 16.5. The molecule has 4 aromatic rings. The fraction of sp³-hybridized carbons (Fsp3) is 0.512. The Kier molecular flexibility index (Phi) is 45.0. The van der Waals surface area contributed by atoms with Gasteiger partial charge in [0.15, 0.2) is 23.8 Å². The fourth-order valence-electron chi connectivity index (χ4n) is 12.9. The Bertz CT molecular complexity index is 3920. The summed E-state index contributed by atoms with van der Waals surface area (Å²) in [4.78, 5) is 169. The lowest BCUT2D eigenvalue weighted by Gasteiger charge is -2.28. The van der Waals surface area contributed by atoms with Crippen molar-refractivity contribution in [3.8, 4) is 23.0 Å². The summed E-state index contributed by atoms with van der Waals surface area (Å²) in [6.07, 6.45) is -0.540. The van der Waals surface area contributed by atoms with Gasteiger partial charge < -0.3 is 139 Å². The van der Waals surface area contributed by atoms with Crippen molar-refractivity contribution in [2.45, 2.75) is 216 Å². The van der Waals surface area contributed by atoms with E-state index in [0.717, 1.165) is 0 Å². The molecular formula is C82H126N24O18. The van der Waals surface area contributed by atoms with E-state index in [1.807, 2.05) is 0 Å². The first-order chi connectivity index (χ1) is 58.7. The molecule has 10 amide bonds. The number of carboxylic acids is 2. The van der Waals surface area contributed by atoms with Gasteiger partial charge in [-0.1, -0.05) is 89.1 Å². The van der Waals surface area contributed by atoms with Crippen LogP contribution >= 0.6 is 0 Å². The number of guanidine groups is 4. The summed E-state index contributed by atoms with van der Waals surface area (Å²) in [6.45, 7) is 7.30. The number of nitrogens with two attached hydrogens (primary N) is 6. The number of nitrogens with one attached hydrogen (secondary N) is 18. The van der Waals surface area contributed by atoms with Gasteiger partial charge in [-0.25, -0.2) is 9.59 Å². The molecule has 124 heavy (non-hydrogen) atoms. The zero-order valence-electron chi connectivity index (χ0n) is 70.8. The number of amides is 10. The van der Waals surface area contributed by atoms with Gasteiger partial charge in [-0.2, -0.15) is 0 Å². The summed E-state index contributed by atoms with van der Waals surface area (Å²) in [7, 11) is 2.93. The maximum Gasteiger partial charge on any atom is 0.326 e. The van der Waals surface area contributed by atoms with Gasteiger partial charge >= 0.3 is 11.9 Å². The van der Waals surface area contributed by atoms with E-state index in [4.69, 9.17) is 65.5 Å². The molecule has 34 N–H and O–H groups in total. The van der Waals surface area contributed by atoms with Crippen molar-refractivity contribution >= 4 is 94.8 Å². The Morgan fingerprint density at radius 2 is 0.516 bits per heavy atom. The van der Waals surface area contributed by atoms with Crippen molar-refractivity contribution < 1.29 is 87.4 Å². The van der Waals surface area contributed by atoms with Crippen LogP contribution in [0.3, 0.4) is 0 Å². The molecule has 0 saturated carbocycles. The SMILES string of the molecule is COc1ccc(C[C@H](NC(=O)[C@H](CCCNC(=N)N)NC(=O)[C@H](CC(C)C)NC(=O)[C@H](CCCNC(=N)N)NC(=O)[C@H](Cc2ccc(O)cc2)NC(=O)C(N)CCCCC(N)C(=O)N[C@@H](Cc2ccc(O)cc2)C(=O)N[C@@H](CCCNC(=N)N)C(=O)N[C@@H](CC(C)C)C(=O)N[C@@H](CCCNC(=N)N)C(=O)N[C@@H](Cc2ccc(OC)cc2)C(=O)O)C(=O)O)cc1. The Labute approximate surface area is 720 Å². The minimum Gasteiger partial charge on any atom is -0.508 e. The molecule has 0 saturated heterocycles. The normalized spacial score (nSPS) is 13.9. The minimum absolute atomic E-state index is 0.0179. The van der Waals surface area contributed by atoms with Crippen molar-refractivity contribution in [2.75, 3.05) is 40.4 Å². The van der Waals surface area contributed by atoms with Crippen molar-refractivity contribution in [1.29, 1.82) is 21.6 Å². The number of carboxylic acid groups (broad SMARTS) is 2. The summed E-state index contributed by atoms with van der Waals surface area (Å²) in [5.41, 5.74) is 37.1. The predicted molar refractivity (Wildman–Crippen MR) is 462 cm³/mol. The van der Waals surface area contributed by atoms with Crippen molar-refractivity contribution in [3.05, 3.63) is 119 Å². The van der Waals surface area contributed by atoms with Crippen molar-refractivity contribution in [2.24, 2.45) is 46.2 Å². The highest BCUT2D eigenvalue weighted by Gasteiger charge is 2.37. The van der Waals surface area contributed by atoms with Crippen LogP contribution < -0.4 is 118 Å². The first kappa shape index (κ1) is 103. The standard InChI is InChI=1S/C82H126N24O18/c1-45(2)39-61(73(115)97-59(17-11-37-95-81(89)90)71(113)105-65(77(119)120)43-49-23-31-53(123-5)32-24-49)103-69(111)57(15-9-35-93-79(85)86)99-75(117)63(41-47-19-27-51(107)28-20-47)101-67(109)55(83)13-7-8-14-56(84)68(110)102-64(42-48-21-29-52(108)30-22-48)76(118)100-58(16-10-36-94-80(87)88)70(112)104-62(40-46(3)4)74(116)98-60(18-12-38-96-82(91)92)72(114)106-66(78(121)122)44-50-25-33-54(124-6)34-26-50/h19-34,45-46,55-66,107-108H,7-18,35-44,83-84H2,1-6H3,(H,97,115)(H,98,116)(H,99,117)(H,100,118)(H,101,109)(H,102,110)(H,103,111)(H,104,112)(H,105,113)(H,106,114)(H,119,120)(H,121,122)(H4,85,86,93)(H4,87,88,94)(H4,89,90,95)(H4,91,92,96)/t55?,56?,57-,58-,59-,60-,61-,62-,63-,64-,65-,66-/m0/s1. The summed E-state index contributed by atoms with van der Waals surface area (Å²) >= 11 is 0. The minimum atomic E-state index is -1.47. The number of rotatable bonds is 57. The van der Waals surface area contributed by atoms with Gasteiger partial charge in [-0.3, -0.25) is 69.6 Å². The molecular weight excluding hydrogens is 1610 g/mol. The van der Waals surface area contributed by atoms with Crippen molar-refractivity contribution in [1.82, 2.24) is 74.4 Å². The monoisotopic (exact) mass is 1730 g/mol. The fourth-order valence-corrected chi connectivity index (χ4v) is 12.9. The summed E-state index contributed by atoms with van der Waals surface area (Å²) in [5.74, 6) is -12.7. The molecule has 0 aliphatic carbocycles. The molecule has 0 bridgehead atoms. The molecule has 42 nitrogen and oxygen atoms in total. The first-order valence-electron chi connectivity index (χ1n) is 40.9. The zero-order chi connectivity index (χ0) is 92.1.